The molecule has 0 aromatic rings. The summed E-state index contributed by atoms with van der Waals surface area (Å²) in [4.78, 5) is 0. The van der Waals surface area contributed by atoms with Crippen molar-refractivity contribution in [3.05, 3.63) is 11.0 Å². The molecule has 0 radical (unpaired) electrons. The maximum absolute atomic E-state index is 2.33. The summed E-state index contributed by atoms with van der Waals surface area (Å²) < 4.78 is 0. The largest absolute Gasteiger partial charge is 0.130 e. The molecule has 0 aromatic heterocycles. The first-order valence-corrected chi connectivity index (χ1v) is 4.11. The zero-order chi connectivity index (χ0) is 5.56. The number of hydrogen-bond donors (Lipinski definition) is 0. The Morgan fingerprint density at radius 1 is 1.75 bits per heavy atom. The average molecular weight is 126 g/mol. The molecule has 1 saturated carbocycles. The highest BCUT2D eigenvalue weighted by Gasteiger charge is 2.38. The van der Waals surface area contributed by atoms with E-state index in [9.17, 15) is 0 Å². The molecule has 0 aromatic carbocycles. The van der Waals surface area contributed by atoms with Gasteiger partial charge in [-0.05, 0) is 31.1 Å². The molecule has 0 saturated heterocycles. The molecule has 8 heavy (non-hydrogen) atoms. The molecule has 0 N–H and O–H groups in total. The van der Waals surface area contributed by atoms with E-state index in [1.165, 1.54) is 12.8 Å². The van der Waals surface area contributed by atoms with Crippen molar-refractivity contribution in [3.8, 4) is 0 Å². The van der Waals surface area contributed by atoms with Gasteiger partial charge in [0.1, 0.15) is 0 Å². The third-order valence-electron chi connectivity index (χ3n) is 1.89. The molecule has 2 atom stereocenters. The van der Waals surface area contributed by atoms with E-state index in [2.05, 4.69) is 12.3 Å². The van der Waals surface area contributed by atoms with E-state index in [4.69, 9.17) is 0 Å². The van der Waals surface area contributed by atoms with Crippen LogP contribution in [-0.4, -0.2) is 5.25 Å². The van der Waals surface area contributed by atoms with Gasteiger partial charge in [0.05, 0.1) is 0 Å². The summed E-state index contributed by atoms with van der Waals surface area (Å²) in [5.41, 5.74) is 1.59. The van der Waals surface area contributed by atoms with Crippen LogP contribution in [0.2, 0.25) is 0 Å². The second-order valence-corrected chi connectivity index (χ2v) is 3.95. The Labute approximate surface area is 54.4 Å². The van der Waals surface area contributed by atoms with Gasteiger partial charge in [-0.2, -0.15) is 0 Å². The fraction of sp³-hybridized carbons (Fsp3) is 0.714. The van der Waals surface area contributed by atoms with E-state index in [0.29, 0.717) is 0 Å². The first-order valence-electron chi connectivity index (χ1n) is 3.17. The van der Waals surface area contributed by atoms with E-state index in [-0.39, 0.29) is 0 Å². The average Bonchev–Trinajstić information content (AvgIpc) is 2.43. The summed E-state index contributed by atoms with van der Waals surface area (Å²) in [5.74, 6) is 1.07. The summed E-state index contributed by atoms with van der Waals surface area (Å²) in [7, 11) is 0. The van der Waals surface area contributed by atoms with E-state index < -0.39 is 0 Å². The van der Waals surface area contributed by atoms with Gasteiger partial charge >= 0.3 is 0 Å². The molecular formula is C7H10S. The SMILES string of the molecule is CC1=CSC2C[C@@H]2C1. The van der Waals surface area contributed by atoms with Crippen molar-refractivity contribution in [2.24, 2.45) is 5.92 Å². The molecule has 1 aliphatic carbocycles. The topological polar surface area (TPSA) is 0 Å². The van der Waals surface area contributed by atoms with Gasteiger partial charge in [0.2, 0.25) is 0 Å². The molecule has 2 rings (SSSR count). The van der Waals surface area contributed by atoms with Crippen molar-refractivity contribution in [1.82, 2.24) is 0 Å². The number of hydrogen-bond acceptors (Lipinski definition) is 1. The number of allylic oxidation sites excluding steroid dienone is 1. The lowest BCUT2D eigenvalue weighted by Crippen LogP contribution is -1.88. The number of thioether (sulfide) groups is 1. The Hall–Kier alpha value is 0.0900. The van der Waals surface area contributed by atoms with Gasteiger partial charge in [-0.1, -0.05) is 5.57 Å². The lowest BCUT2D eigenvalue weighted by Gasteiger charge is -2.04. The molecular weight excluding hydrogens is 116 g/mol. The predicted molar refractivity (Wildman–Crippen MR) is 37.9 cm³/mol. The van der Waals surface area contributed by atoms with Crippen LogP contribution in [0.4, 0.5) is 0 Å². The van der Waals surface area contributed by atoms with Crippen molar-refractivity contribution >= 4 is 11.8 Å². The van der Waals surface area contributed by atoms with Crippen molar-refractivity contribution in [2.45, 2.75) is 25.0 Å². The lowest BCUT2D eigenvalue weighted by atomic mass is 10.2. The van der Waals surface area contributed by atoms with Gasteiger partial charge in [0.15, 0.2) is 0 Å². The van der Waals surface area contributed by atoms with Crippen molar-refractivity contribution in [3.63, 3.8) is 0 Å². The van der Waals surface area contributed by atoms with Gasteiger partial charge in [-0.3, -0.25) is 0 Å². The quantitative estimate of drug-likeness (QED) is 0.480. The van der Waals surface area contributed by atoms with Crippen molar-refractivity contribution in [2.75, 3.05) is 0 Å². The molecule has 0 nitrogen and oxygen atoms in total. The molecule has 44 valence electrons. The van der Waals surface area contributed by atoms with E-state index >= 15 is 0 Å². The minimum atomic E-state index is 1.03. The minimum absolute atomic E-state index is 1.03. The van der Waals surface area contributed by atoms with Gasteiger partial charge in [0, 0.05) is 5.25 Å². The monoisotopic (exact) mass is 126 g/mol. The van der Waals surface area contributed by atoms with Crippen LogP contribution in [0.3, 0.4) is 0 Å². The van der Waals surface area contributed by atoms with Crippen molar-refractivity contribution in [1.29, 1.82) is 0 Å². The fourth-order valence-electron chi connectivity index (χ4n) is 1.27. The lowest BCUT2D eigenvalue weighted by molar-refractivity contribution is 0.821. The fourth-order valence-corrected chi connectivity index (χ4v) is 2.45. The molecule has 1 heteroatoms. The molecule has 0 bridgehead atoms. The summed E-state index contributed by atoms with van der Waals surface area (Å²) in [6.07, 6.45) is 2.87. The van der Waals surface area contributed by atoms with Crippen LogP contribution in [0.1, 0.15) is 19.8 Å². The van der Waals surface area contributed by atoms with Gasteiger partial charge in [-0.25, -0.2) is 0 Å². The van der Waals surface area contributed by atoms with Crippen LogP contribution >= 0.6 is 11.8 Å². The van der Waals surface area contributed by atoms with Crippen LogP contribution in [0.15, 0.2) is 11.0 Å². The Morgan fingerprint density at radius 3 is 3.25 bits per heavy atom. The smallest absolute Gasteiger partial charge is 0.0123 e. The molecule has 0 amide bonds. The van der Waals surface area contributed by atoms with Crippen LogP contribution in [0.5, 0.6) is 0 Å². The zero-order valence-corrected chi connectivity index (χ0v) is 5.87. The van der Waals surface area contributed by atoms with Crippen LogP contribution in [0.25, 0.3) is 0 Å². The standard InChI is InChI=1S/C7H10S/c1-5-2-6-3-7(6)8-4-5/h4,6-7H,2-3H2,1H3/t6-,7?/m0/s1. The van der Waals surface area contributed by atoms with Crippen LogP contribution in [0, 0.1) is 5.92 Å². The third kappa shape index (κ3) is 0.693. The van der Waals surface area contributed by atoms with Gasteiger partial charge < -0.3 is 0 Å². The molecule has 1 unspecified atom stereocenters. The maximum atomic E-state index is 2.33. The zero-order valence-electron chi connectivity index (χ0n) is 5.05. The molecule has 1 aliphatic heterocycles. The van der Waals surface area contributed by atoms with Crippen LogP contribution < -0.4 is 0 Å². The summed E-state index contributed by atoms with van der Waals surface area (Å²) in [6, 6.07) is 0. The molecule has 1 heterocycles. The first kappa shape index (κ1) is 4.92. The Kier molecular flexibility index (Phi) is 0.944. The Morgan fingerprint density at radius 2 is 2.62 bits per heavy atom. The summed E-state index contributed by atoms with van der Waals surface area (Å²) in [5, 5.41) is 3.35. The maximum Gasteiger partial charge on any atom is 0.0123 e. The minimum Gasteiger partial charge on any atom is -0.130 e. The van der Waals surface area contributed by atoms with E-state index in [1.807, 2.05) is 11.8 Å². The van der Waals surface area contributed by atoms with Crippen molar-refractivity contribution < 1.29 is 0 Å². The highest BCUT2D eigenvalue weighted by atomic mass is 32.2. The molecule has 1 fully saturated rings. The summed E-state index contributed by atoms with van der Waals surface area (Å²) in [6.45, 7) is 2.24. The normalized spacial score (nSPS) is 42.9. The first-order chi connectivity index (χ1) is 3.86. The van der Waals surface area contributed by atoms with Gasteiger partial charge in [-0.15, -0.1) is 11.8 Å². The second kappa shape index (κ2) is 1.53. The Balaban J connectivity index is 2.10. The Bertz CT molecular complexity index is 137. The van der Waals surface area contributed by atoms with Gasteiger partial charge in [0.25, 0.3) is 0 Å². The van der Waals surface area contributed by atoms with E-state index in [0.717, 1.165) is 11.2 Å². The summed E-state index contributed by atoms with van der Waals surface area (Å²) >= 11 is 2.04. The molecule has 0 spiro atoms. The van der Waals surface area contributed by atoms with E-state index in [1.54, 1.807) is 5.57 Å². The third-order valence-corrected chi connectivity index (χ3v) is 3.35. The molecule has 2 aliphatic rings. The second-order valence-electron chi connectivity index (χ2n) is 2.84. The highest BCUT2D eigenvalue weighted by molar-refractivity contribution is 8.03. The number of rotatable bonds is 0. The predicted octanol–water partition coefficient (Wildman–Crippen LogP) is 2.42. The highest BCUT2D eigenvalue weighted by Crippen LogP contribution is 2.49. The van der Waals surface area contributed by atoms with Crippen LogP contribution in [-0.2, 0) is 0 Å². The number of fused-ring (bicyclic) bond motifs is 1.